The molecule has 0 bridgehead atoms. The van der Waals surface area contributed by atoms with Gasteiger partial charge in [0.15, 0.2) is 0 Å². The van der Waals surface area contributed by atoms with E-state index in [-0.39, 0.29) is 0 Å². The van der Waals surface area contributed by atoms with Gasteiger partial charge in [0.1, 0.15) is 0 Å². The van der Waals surface area contributed by atoms with Gasteiger partial charge in [0, 0.05) is 10.2 Å². The Kier molecular flexibility index (Phi) is 3.63. The third-order valence-corrected chi connectivity index (χ3v) is 4.25. The van der Waals surface area contributed by atoms with Crippen molar-refractivity contribution in [1.29, 1.82) is 0 Å². The van der Waals surface area contributed by atoms with Crippen molar-refractivity contribution < 1.29 is 4.74 Å². The first-order valence-corrected chi connectivity index (χ1v) is 7.06. The van der Waals surface area contributed by atoms with Gasteiger partial charge in [-0.3, -0.25) is 0 Å². The standard InChI is InChI=1S/C11H15BrOS/c1-8-5-9(7-14-8)11-4-2-3-10(6-12)13-11/h5,7,10-11H,2-4,6H2,1H3. The summed E-state index contributed by atoms with van der Waals surface area (Å²) in [7, 11) is 0. The fourth-order valence-electron chi connectivity index (χ4n) is 1.89. The van der Waals surface area contributed by atoms with E-state index in [1.54, 1.807) is 0 Å². The molecule has 1 nitrogen and oxygen atoms in total. The van der Waals surface area contributed by atoms with E-state index in [0.29, 0.717) is 12.2 Å². The third-order valence-electron chi connectivity index (χ3n) is 2.64. The second-order valence-corrected chi connectivity index (χ2v) is 5.59. The third kappa shape index (κ3) is 2.38. The van der Waals surface area contributed by atoms with Crippen molar-refractivity contribution in [3.05, 3.63) is 21.9 Å². The predicted octanol–water partition coefficient (Wildman–Crippen LogP) is 4.06. The topological polar surface area (TPSA) is 9.23 Å². The maximum atomic E-state index is 5.99. The van der Waals surface area contributed by atoms with Gasteiger partial charge >= 0.3 is 0 Å². The van der Waals surface area contributed by atoms with Crippen molar-refractivity contribution in [3.63, 3.8) is 0 Å². The highest BCUT2D eigenvalue weighted by Crippen LogP contribution is 2.33. The van der Waals surface area contributed by atoms with Gasteiger partial charge in [0.05, 0.1) is 12.2 Å². The van der Waals surface area contributed by atoms with Crippen LogP contribution in [0.1, 0.15) is 35.8 Å². The summed E-state index contributed by atoms with van der Waals surface area (Å²) in [6.45, 7) is 2.15. The zero-order chi connectivity index (χ0) is 9.97. The highest BCUT2D eigenvalue weighted by molar-refractivity contribution is 9.09. The molecule has 2 atom stereocenters. The second kappa shape index (κ2) is 4.77. The summed E-state index contributed by atoms with van der Waals surface area (Å²) in [6.07, 6.45) is 4.42. The fourth-order valence-corrected chi connectivity index (χ4v) is 3.11. The molecule has 2 rings (SSSR count). The Hall–Kier alpha value is 0.140. The number of halogens is 1. The zero-order valence-corrected chi connectivity index (χ0v) is 10.7. The van der Waals surface area contributed by atoms with Crippen LogP contribution in [0.15, 0.2) is 11.4 Å². The van der Waals surface area contributed by atoms with E-state index < -0.39 is 0 Å². The highest BCUT2D eigenvalue weighted by Gasteiger charge is 2.23. The van der Waals surface area contributed by atoms with Crippen molar-refractivity contribution >= 4 is 27.3 Å². The van der Waals surface area contributed by atoms with E-state index in [0.717, 1.165) is 5.33 Å². The Balaban J connectivity index is 2.04. The monoisotopic (exact) mass is 274 g/mol. The van der Waals surface area contributed by atoms with Crippen LogP contribution < -0.4 is 0 Å². The second-order valence-electron chi connectivity index (χ2n) is 3.82. The van der Waals surface area contributed by atoms with Crippen molar-refractivity contribution in [1.82, 2.24) is 0 Å². The Morgan fingerprint density at radius 3 is 3.07 bits per heavy atom. The Morgan fingerprint density at radius 1 is 1.57 bits per heavy atom. The molecular formula is C11H15BrOS. The van der Waals surface area contributed by atoms with E-state index in [9.17, 15) is 0 Å². The minimum absolute atomic E-state index is 0.344. The smallest absolute Gasteiger partial charge is 0.0837 e. The molecule has 0 amide bonds. The predicted molar refractivity (Wildman–Crippen MR) is 64.3 cm³/mol. The maximum absolute atomic E-state index is 5.99. The number of aryl methyl sites for hydroxylation is 1. The number of hydrogen-bond acceptors (Lipinski definition) is 2. The quantitative estimate of drug-likeness (QED) is 0.739. The molecule has 0 radical (unpaired) electrons. The first-order chi connectivity index (χ1) is 6.79. The van der Waals surface area contributed by atoms with Crippen LogP contribution in [-0.4, -0.2) is 11.4 Å². The molecule has 2 heterocycles. The van der Waals surface area contributed by atoms with E-state index in [4.69, 9.17) is 4.74 Å². The van der Waals surface area contributed by atoms with Crippen molar-refractivity contribution in [2.45, 2.75) is 38.4 Å². The average molecular weight is 275 g/mol. The summed E-state index contributed by atoms with van der Waals surface area (Å²) in [5.41, 5.74) is 1.37. The lowest BCUT2D eigenvalue weighted by Crippen LogP contribution is -2.23. The Labute approximate surface area is 97.6 Å². The first kappa shape index (κ1) is 10.7. The molecule has 2 unspecified atom stereocenters. The van der Waals surface area contributed by atoms with Gasteiger partial charge in [0.25, 0.3) is 0 Å². The van der Waals surface area contributed by atoms with Crippen molar-refractivity contribution in [2.24, 2.45) is 0 Å². The molecule has 0 N–H and O–H groups in total. The lowest BCUT2D eigenvalue weighted by Gasteiger charge is -2.28. The Morgan fingerprint density at radius 2 is 2.43 bits per heavy atom. The van der Waals surface area contributed by atoms with Gasteiger partial charge in [-0.05, 0) is 43.2 Å². The van der Waals surface area contributed by atoms with Crippen LogP contribution in [-0.2, 0) is 4.74 Å². The summed E-state index contributed by atoms with van der Waals surface area (Å²) < 4.78 is 5.99. The van der Waals surface area contributed by atoms with E-state index >= 15 is 0 Å². The molecule has 0 saturated carbocycles. The number of hydrogen-bond donors (Lipinski definition) is 0. The number of rotatable bonds is 2. The molecule has 0 spiro atoms. The minimum atomic E-state index is 0.344. The largest absolute Gasteiger partial charge is 0.369 e. The highest BCUT2D eigenvalue weighted by atomic mass is 79.9. The van der Waals surface area contributed by atoms with Gasteiger partial charge in [-0.15, -0.1) is 11.3 Å². The minimum Gasteiger partial charge on any atom is -0.369 e. The van der Waals surface area contributed by atoms with Crippen LogP contribution in [0.4, 0.5) is 0 Å². The van der Waals surface area contributed by atoms with Crippen LogP contribution >= 0.6 is 27.3 Å². The van der Waals surface area contributed by atoms with Crippen molar-refractivity contribution in [3.8, 4) is 0 Å². The molecule has 1 aliphatic rings. The van der Waals surface area contributed by atoms with Gasteiger partial charge in [-0.2, -0.15) is 0 Å². The summed E-state index contributed by atoms with van der Waals surface area (Å²) >= 11 is 5.31. The summed E-state index contributed by atoms with van der Waals surface area (Å²) in [5, 5.41) is 3.20. The normalized spacial score (nSPS) is 27.9. The number of alkyl halides is 1. The molecule has 1 fully saturated rings. The molecule has 14 heavy (non-hydrogen) atoms. The van der Waals surface area contributed by atoms with Gasteiger partial charge in [0.2, 0.25) is 0 Å². The van der Waals surface area contributed by atoms with Crippen LogP contribution in [0, 0.1) is 6.92 Å². The van der Waals surface area contributed by atoms with E-state index in [2.05, 4.69) is 34.3 Å². The number of thiophene rings is 1. The Bertz CT molecular complexity index is 297. The molecule has 78 valence electrons. The lowest BCUT2D eigenvalue weighted by molar-refractivity contribution is -0.0381. The van der Waals surface area contributed by atoms with Crippen LogP contribution in [0.5, 0.6) is 0 Å². The van der Waals surface area contributed by atoms with Gasteiger partial charge in [-0.1, -0.05) is 15.9 Å². The van der Waals surface area contributed by atoms with Gasteiger partial charge < -0.3 is 4.74 Å². The average Bonchev–Trinajstić information content (AvgIpc) is 2.65. The molecule has 0 aliphatic carbocycles. The van der Waals surface area contributed by atoms with Crippen LogP contribution in [0.2, 0.25) is 0 Å². The molecular weight excluding hydrogens is 260 g/mol. The first-order valence-electron chi connectivity index (χ1n) is 5.06. The fraction of sp³-hybridized carbons (Fsp3) is 0.636. The number of ether oxygens (including phenoxy) is 1. The molecule has 3 heteroatoms. The summed E-state index contributed by atoms with van der Waals surface area (Å²) in [4.78, 5) is 1.38. The van der Waals surface area contributed by atoms with Crippen LogP contribution in [0.25, 0.3) is 0 Å². The van der Waals surface area contributed by atoms with Crippen molar-refractivity contribution in [2.75, 3.05) is 5.33 Å². The van der Waals surface area contributed by atoms with E-state index in [1.807, 2.05) is 11.3 Å². The molecule has 1 aromatic rings. The molecule has 0 aromatic carbocycles. The van der Waals surface area contributed by atoms with E-state index in [1.165, 1.54) is 29.7 Å². The SMILES string of the molecule is Cc1cc(C2CCCC(CBr)O2)cs1. The summed E-state index contributed by atoms with van der Waals surface area (Å²) in [5.74, 6) is 0. The van der Waals surface area contributed by atoms with Gasteiger partial charge in [-0.25, -0.2) is 0 Å². The molecule has 1 aliphatic heterocycles. The molecule has 1 saturated heterocycles. The maximum Gasteiger partial charge on any atom is 0.0837 e. The van der Waals surface area contributed by atoms with Crippen LogP contribution in [0.3, 0.4) is 0 Å². The summed E-state index contributed by atoms with van der Waals surface area (Å²) in [6, 6.07) is 2.26. The zero-order valence-electron chi connectivity index (χ0n) is 8.33. The molecule has 1 aromatic heterocycles. The lowest BCUT2D eigenvalue weighted by atomic mass is 10.0.